The van der Waals surface area contributed by atoms with Crippen molar-refractivity contribution in [2.75, 3.05) is 38.0 Å². The maximum Gasteiger partial charge on any atom is 0.253 e. The van der Waals surface area contributed by atoms with Gasteiger partial charge in [-0.05, 0) is 41.8 Å². The van der Waals surface area contributed by atoms with Gasteiger partial charge in [0.1, 0.15) is 0 Å². The fourth-order valence-corrected chi connectivity index (χ4v) is 3.46. The smallest absolute Gasteiger partial charge is 0.253 e. The first-order chi connectivity index (χ1) is 13.4. The van der Waals surface area contributed by atoms with Crippen molar-refractivity contribution in [1.29, 1.82) is 0 Å². The maximum absolute atomic E-state index is 12.6. The molecule has 2 aromatic rings. The SMILES string of the molecule is CC(C)c1ccc(NC(=O)CN2CCN(C(=O)c3cccc(Cl)c3)CC2)cc1. The Morgan fingerprint density at radius 1 is 1.04 bits per heavy atom. The molecule has 1 N–H and O–H groups in total. The predicted molar refractivity (Wildman–Crippen MR) is 113 cm³/mol. The Bertz CT molecular complexity index is 828. The molecule has 1 aliphatic heterocycles. The second kappa shape index (κ2) is 9.22. The molecule has 3 rings (SSSR count). The Kier molecular flexibility index (Phi) is 6.70. The minimum absolute atomic E-state index is 0.0168. The lowest BCUT2D eigenvalue weighted by Crippen LogP contribution is -2.50. The molecule has 0 radical (unpaired) electrons. The first-order valence-electron chi connectivity index (χ1n) is 9.59. The molecule has 1 fully saturated rings. The molecular weight excluding hydrogens is 374 g/mol. The highest BCUT2D eigenvalue weighted by Gasteiger charge is 2.23. The van der Waals surface area contributed by atoms with Crippen LogP contribution in [0.3, 0.4) is 0 Å². The first-order valence-corrected chi connectivity index (χ1v) is 9.97. The summed E-state index contributed by atoms with van der Waals surface area (Å²) in [5.74, 6) is 0.416. The van der Waals surface area contributed by atoms with E-state index in [1.807, 2.05) is 29.2 Å². The zero-order chi connectivity index (χ0) is 20.1. The van der Waals surface area contributed by atoms with Crippen LogP contribution in [-0.2, 0) is 4.79 Å². The van der Waals surface area contributed by atoms with E-state index in [-0.39, 0.29) is 11.8 Å². The van der Waals surface area contributed by atoms with Crippen LogP contribution in [0.2, 0.25) is 5.02 Å². The maximum atomic E-state index is 12.6. The van der Waals surface area contributed by atoms with Crippen LogP contribution >= 0.6 is 11.6 Å². The summed E-state index contributed by atoms with van der Waals surface area (Å²) in [6, 6.07) is 15.0. The third-order valence-corrected chi connectivity index (χ3v) is 5.19. The number of nitrogens with one attached hydrogen (secondary N) is 1. The fourth-order valence-electron chi connectivity index (χ4n) is 3.27. The van der Waals surface area contributed by atoms with Crippen LogP contribution in [0.1, 0.15) is 35.7 Å². The van der Waals surface area contributed by atoms with Gasteiger partial charge in [0, 0.05) is 42.5 Å². The number of carbonyl (C=O) groups is 2. The average molecular weight is 400 g/mol. The van der Waals surface area contributed by atoms with Gasteiger partial charge in [-0.1, -0.05) is 43.6 Å². The van der Waals surface area contributed by atoms with E-state index in [1.54, 1.807) is 24.3 Å². The van der Waals surface area contributed by atoms with Crippen molar-refractivity contribution in [2.45, 2.75) is 19.8 Å². The van der Waals surface area contributed by atoms with Gasteiger partial charge in [-0.25, -0.2) is 0 Å². The van der Waals surface area contributed by atoms with Crippen molar-refractivity contribution in [3.05, 3.63) is 64.7 Å². The minimum Gasteiger partial charge on any atom is -0.336 e. The Labute approximate surface area is 171 Å². The summed E-state index contributed by atoms with van der Waals surface area (Å²) in [6.07, 6.45) is 0. The van der Waals surface area contributed by atoms with Crippen molar-refractivity contribution in [3.63, 3.8) is 0 Å². The molecule has 0 bridgehead atoms. The fraction of sp³-hybridized carbons (Fsp3) is 0.364. The van der Waals surface area contributed by atoms with Gasteiger partial charge in [0.05, 0.1) is 6.54 Å². The monoisotopic (exact) mass is 399 g/mol. The van der Waals surface area contributed by atoms with Gasteiger partial charge in [-0.2, -0.15) is 0 Å². The summed E-state index contributed by atoms with van der Waals surface area (Å²) in [5.41, 5.74) is 2.66. The standard InChI is InChI=1S/C22H26ClN3O2/c1-16(2)17-6-8-20(9-7-17)24-21(27)15-25-10-12-26(13-11-25)22(28)18-4-3-5-19(23)14-18/h3-9,14,16H,10-13,15H2,1-2H3,(H,24,27). The normalized spacial score (nSPS) is 14.9. The zero-order valence-corrected chi connectivity index (χ0v) is 17.1. The number of hydrogen-bond acceptors (Lipinski definition) is 3. The molecule has 0 atom stereocenters. The molecule has 0 aromatic heterocycles. The van der Waals surface area contributed by atoms with Crippen molar-refractivity contribution < 1.29 is 9.59 Å². The molecule has 5 nitrogen and oxygen atoms in total. The van der Waals surface area contributed by atoms with Crippen LogP contribution in [0.4, 0.5) is 5.69 Å². The Morgan fingerprint density at radius 3 is 2.32 bits per heavy atom. The van der Waals surface area contributed by atoms with Crippen LogP contribution in [0, 0.1) is 0 Å². The molecule has 2 amide bonds. The summed E-state index contributed by atoms with van der Waals surface area (Å²) < 4.78 is 0. The van der Waals surface area contributed by atoms with Crippen LogP contribution in [0.15, 0.2) is 48.5 Å². The first kappa shape index (κ1) is 20.4. The lowest BCUT2D eigenvalue weighted by molar-refractivity contribution is -0.117. The van der Waals surface area contributed by atoms with Crippen molar-refractivity contribution in [2.24, 2.45) is 0 Å². The molecule has 1 saturated heterocycles. The number of halogens is 1. The van der Waals surface area contributed by atoms with Gasteiger partial charge in [-0.3, -0.25) is 14.5 Å². The molecule has 1 aliphatic rings. The Hall–Kier alpha value is -2.37. The lowest BCUT2D eigenvalue weighted by atomic mass is 10.0. The number of amides is 2. The number of nitrogens with zero attached hydrogens (tertiary/aromatic N) is 2. The second-order valence-electron chi connectivity index (χ2n) is 7.40. The predicted octanol–water partition coefficient (Wildman–Crippen LogP) is 3.86. The Balaban J connectivity index is 1.47. The summed E-state index contributed by atoms with van der Waals surface area (Å²) in [5, 5.41) is 3.50. The number of hydrogen-bond donors (Lipinski definition) is 1. The van der Waals surface area contributed by atoms with E-state index < -0.39 is 0 Å². The van der Waals surface area contributed by atoms with Crippen LogP contribution in [-0.4, -0.2) is 54.3 Å². The molecule has 0 aliphatic carbocycles. The van der Waals surface area contributed by atoms with Crippen molar-refractivity contribution in [1.82, 2.24) is 9.80 Å². The van der Waals surface area contributed by atoms with E-state index in [2.05, 4.69) is 24.1 Å². The van der Waals surface area contributed by atoms with Gasteiger partial charge in [0.25, 0.3) is 5.91 Å². The molecule has 6 heteroatoms. The Morgan fingerprint density at radius 2 is 1.71 bits per heavy atom. The van der Waals surface area contributed by atoms with E-state index in [1.165, 1.54) is 5.56 Å². The molecule has 0 saturated carbocycles. The molecule has 0 spiro atoms. The van der Waals surface area contributed by atoms with Gasteiger partial charge in [-0.15, -0.1) is 0 Å². The van der Waals surface area contributed by atoms with Crippen molar-refractivity contribution >= 4 is 29.1 Å². The van der Waals surface area contributed by atoms with E-state index in [4.69, 9.17) is 11.6 Å². The topological polar surface area (TPSA) is 52.7 Å². The molecular formula is C22H26ClN3O2. The van der Waals surface area contributed by atoms with E-state index >= 15 is 0 Å². The van der Waals surface area contributed by atoms with E-state index in [0.29, 0.717) is 49.2 Å². The number of piperazine rings is 1. The third kappa shape index (κ3) is 5.33. The van der Waals surface area contributed by atoms with Crippen LogP contribution in [0.25, 0.3) is 0 Å². The van der Waals surface area contributed by atoms with Gasteiger partial charge < -0.3 is 10.2 Å². The lowest BCUT2D eigenvalue weighted by Gasteiger charge is -2.34. The highest BCUT2D eigenvalue weighted by atomic mass is 35.5. The molecule has 2 aromatic carbocycles. The number of benzene rings is 2. The number of carbonyl (C=O) groups excluding carboxylic acids is 2. The second-order valence-corrected chi connectivity index (χ2v) is 7.84. The van der Waals surface area contributed by atoms with Crippen LogP contribution < -0.4 is 5.32 Å². The highest BCUT2D eigenvalue weighted by molar-refractivity contribution is 6.30. The zero-order valence-electron chi connectivity index (χ0n) is 16.3. The summed E-state index contributed by atoms with van der Waals surface area (Å²) >= 11 is 5.98. The summed E-state index contributed by atoms with van der Waals surface area (Å²) in [7, 11) is 0. The minimum atomic E-state index is -0.0353. The van der Waals surface area contributed by atoms with Gasteiger partial charge in [0.2, 0.25) is 5.91 Å². The summed E-state index contributed by atoms with van der Waals surface area (Å²) in [4.78, 5) is 28.8. The average Bonchev–Trinajstić information content (AvgIpc) is 2.68. The molecule has 28 heavy (non-hydrogen) atoms. The highest BCUT2D eigenvalue weighted by Crippen LogP contribution is 2.17. The van der Waals surface area contributed by atoms with Crippen molar-refractivity contribution in [3.8, 4) is 0 Å². The molecule has 1 heterocycles. The van der Waals surface area contributed by atoms with Gasteiger partial charge in [0.15, 0.2) is 0 Å². The largest absolute Gasteiger partial charge is 0.336 e. The third-order valence-electron chi connectivity index (χ3n) is 4.96. The van der Waals surface area contributed by atoms with Crippen LogP contribution in [0.5, 0.6) is 0 Å². The number of rotatable bonds is 5. The number of anilines is 1. The van der Waals surface area contributed by atoms with E-state index in [0.717, 1.165) is 5.69 Å². The van der Waals surface area contributed by atoms with E-state index in [9.17, 15) is 9.59 Å². The summed E-state index contributed by atoms with van der Waals surface area (Å²) in [6.45, 7) is 7.15. The van der Waals surface area contributed by atoms with Gasteiger partial charge >= 0.3 is 0 Å². The molecule has 148 valence electrons. The quantitative estimate of drug-likeness (QED) is 0.830. The molecule has 0 unspecified atom stereocenters.